The summed E-state index contributed by atoms with van der Waals surface area (Å²) in [5, 5.41) is 19.1. The number of benzene rings is 2. The second-order valence-electron chi connectivity index (χ2n) is 9.97. The molecule has 0 heterocycles. The predicted molar refractivity (Wildman–Crippen MR) is 150 cm³/mol. The third-order valence-corrected chi connectivity index (χ3v) is 6.64. The lowest BCUT2D eigenvalue weighted by molar-refractivity contribution is -0.145. The van der Waals surface area contributed by atoms with Crippen molar-refractivity contribution in [2.75, 3.05) is 13.2 Å². The minimum Gasteiger partial charge on any atom is -0.462 e. The highest BCUT2D eigenvalue weighted by Crippen LogP contribution is 2.25. The highest BCUT2D eigenvalue weighted by atomic mass is 19.1. The molecule has 7 heteroatoms. The van der Waals surface area contributed by atoms with Crippen molar-refractivity contribution < 1.29 is 33.7 Å². The summed E-state index contributed by atoms with van der Waals surface area (Å²) in [5.74, 6) is -2.24. The number of hydrogen-bond acceptors (Lipinski definition) is 6. The average Bonchev–Trinajstić information content (AvgIpc) is 2.91. The van der Waals surface area contributed by atoms with Crippen LogP contribution in [0.25, 0.3) is 11.1 Å². The van der Waals surface area contributed by atoms with E-state index < -0.39 is 30.1 Å². The van der Waals surface area contributed by atoms with Gasteiger partial charge in [0.15, 0.2) is 0 Å². The number of hydrogen-bond donors (Lipinski definition) is 2. The summed E-state index contributed by atoms with van der Waals surface area (Å²) in [4.78, 5) is 24.2. The van der Waals surface area contributed by atoms with E-state index in [0.717, 1.165) is 24.0 Å². The van der Waals surface area contributed by atoms with Crippen LogP contribution in [0.15, 0.2) is 66.8 Å². The van der Waals surface area contributed by atoms with Gasteiger partial charge in [-0.1, -0.05) is 69.3 Å². The van der Waals surface area contributed by atoms with Crippen LogP contribution in [0, 0.1) is 11.7 Å². The van der Waals surface area contributed by atoms with Gasteiger partial charge in [-0.05, 0) is 62.3 Å². The van der Waals surface area contributed by atoms with E-state index in [4.69, 9.17) is 9.47 Å². The average molecular weight is 541 g/mol. The van der Waals surface area contributed by atoms with Crippen LogP contribution < -0.4 is 0 Å². The number of ether oxygens (including phenoxy) is 2. The summed E-state index contributed by atoms with van der Waals surface area (Å²) in [6, 6.07) is 13.1. The molecular formula is C32H41FO6. The lowest BCUT2D eigenvalue weighted by Gasteiger charge is -2.19. The normalized spacial score (nSPS) is 13.3. The Kier molecular flexibility index (Phi) is 13.1. The van der Waals surface area contributed by atoms with Gasteiger partial charge in [-0.15, -0.1) is 0 Å². The SMILES string of the molecule is C=C(C(=O)OCC(CCc1ccc(-c2ccc(CCCCC)cc2)c(F)c1)COC(=O)C(=C)C(C)O)C(C)O. The van der Waals surface area contributed by atoms with Crippen LogP contribution in [0.4, 0.5) is 4.39 Å². The molecule has 2 rings (SSSR count). The third kappa shape index (κ3) is 10.4. The fourth-order valence-corrected chi connectivity index (χ4v) is 3.88. The lowest BCUT2D eigenvalue weighted by Crippen LogP contribution is -2.25. The second kappa shape index (κ2) is 16.0. The van der Waals surface area contributed by atoms with Crippen LogP contribution in [-0.4, -0.2) is 47.6 Å². The number of esters is 2. The number of carbonyl (C=O) groups is 2. The molecule has 2 aromatic carbocycles. The topological polar surface area (TPSA) is 93.1 Å². The Balaban J connectivity index is 2.05. The van der Waals surface area contributed by atoms with Crippen molar-refractivity contribution in [1.29, 1.82) is 0 Å². The zero-order valence-electron chi connectivity index (χ0n) is 23.2. The van der Waals surface area contributed by atoms with Crippen molar-refractivity contribution in [2.24, 2.45) is 5.92 Å². The van der Waals surface area contributed by atoms with Crippen LogP contribution in [0.5, 0.6) is 0 Å². The van der Waals surface area contributed by atoms with E-state index in [-0.39, 0.29) is 30.2 Å². The Morgan fingerprint density at radius 3 is 1.87 bits per heavy atom. The van der Waals surface area contributed by atoms with E-state index in [9.17, 15) is 19.8 Å². The molecule has 0 aliphatic carbocycles. The van der Waals surface area contributed by atoms with Gasteiger partial charge in [0.1, 0.15) is 5.82 Å². The van der Waals surface area contributed by atoms with Crippen molar-refractivity contribution in [3.63, 3.8) is 0 Å². The van der Waals surface area contributed by atoms with Gasteiger partial charge in [-0.2, -0.15) is 0 Å². The first kappa shape index (κ1) is 31.9. The van der Waals surface area contributed by atoms with Crippen molar-refractivity contribution in [1.82, 2.24) is 0 Å². The Hall–Kier alpha value is -3.29. The van der Waals surface area contributed by atoms with Gasteiger partial charge in [0.25, 0.3) is 0 Å². The number of aliphatic hydroxyl groups excluding tert-OH is 2. The highest BCUT2D eigenvalue weighted by Gasteiger charge is 2.20. The Bertz CT molecular complexity index is 1080. The standard InChI is InChI=1S/C32H41FO6/c1-6-7-8-9-25-12-15-28(16-13-25)29-17-14-26(18-30(29)33)10-11-27(19-38-31(36)21(2)23(4)34)20-39-32(37)22(3)24(5)35/h12-18,23-24,27,34-35H,2-3,6-11,19-20H2,1,4-5H3. The van der Waals surface area contributed by atoms with Gasteiger partial charge in [0.05, 0.1) is 36.6 Å². The first-order valence-corrected chi connectivity index (χ1v) is 13.5. The Morgan fingerprint density at radius 2 is 1.38 bits per heavy atom. The van der Waals surface area contributed by atoms with Gasteiger partial charge in [-0.25, -0.2) is 14.0 Å². The van der Waals surface area contributed by atoms with E-state index >= 15 is 4.39 Å². The Morgan fingerprint density at radius 1 is 0.846 bits per heavy atom. The van der Waals surface area contributed by atoms with E-state index in [2.05, 4.69) is 20.1 Å². The molecular weight excluding hydrogens is 499 g/mol. The summed E-state index contributed by atoms with van der Waals surface area (Å²) >= 11 is 0. The Labute approximate surface area is 231 Å². The smallest absolute Gasteiger partial charge is 0.336 e. The van der Waals surface area contributed by atoms with Gasteiger partial charge in [0.2, 0.25) is 0 Å². The van der Waals surface area contributed by atoms with Gasteiger partial charge in [0, 0.05) is 11.5 Å². The number of halogens is 1. The molecule has 2 atom stereocenters. The largest absolute Gasteiger partial charge is 0.462 e. The zero-order valence-corrected chi connectivity index (χ0v) is 23.2. The molecule has 0 aliphatic heterocycles. The van der Waals surface area contributed by atoms with Crippen LogP contribution in [-0.2, 0) is 31.9 Å². The van der Waals surface area contributed by atoms with Gasteiger partial charge < -0.3 is 19.7 Å². The minimum atomic E-state index is -1.05. The molecule has 0 spiro atoms. The van der Waals surface area contributed by atoms with E-state index in [1.54, 1.807) is 6.07 Å². The maximum atomic E-state index is 15.0. The molecule has 2 unspecified atom stereocenters. The maximum Gasteiger partial charge on any atom is 0.336 e. The fraction of sp³-hybridized carbons (Fsp3) is 0.438. The first-order valence-electron chi connectivity index (χ1n) is 13.5. The molecule has 0 amide bonds. The second-order valence-corrected chi connectivity index (χ2v) is 9.97. The van der Waals surface area contributed by atoms with Gasteiger partial charge >= 0.3 is 11.9 Å². The quantitative estimate of drug-likeness (QED) is 0.160. The number of unbranched alkanes of at least 4 members (excludes halogenated alkanes) is 2. The molecule has 212 valence electrons. The van der Waals surface area contributed by atoms with Crippen molar-refractivity contribution in [3.05, 3.63) is 83.7 Å². The van der Waals surface area contributed by atoms with Crippen LogP contribution in [0.3, 0.4) is 0 Å². The molecule has 0 aromatic heterocycles. The van der Waals surface area contributed by atoms with E-state index in [1.807, 2.05) is 30.3 Å². The van der Waals surface area contributed by atoms with Crippen molar-refractivity contribution >= 4 is 11.9 Å². The summed E-state index contributed by atoms with van der Waals surface area (Å²) in [6.07, 6.45) is 3.28. The lowest BCUT2D eigenvalue weighted by atomic mass is 9.97. The monoisotopic (exact) mass is 540 g/mol. The minimum absolute atomic E-state index is 0.0834. The number of aryl methyl sites for hydroxylation is 2. The molecule has 0 saturated heterocycles. The van der Waals surface area contributed by atoms with E-state index in [0.29, 0.717) is 18.4 Å². The maximum absolute atomic E-state index is 15.0. The number of rotatable bonds is 16. The summed E-state index contributed by atoms with van der Waals surface area (Å²) in [6.45, 7) is 11.8. The zero-order chi connectivity index (χ0) is 28.9. The molecule has 0 fully saturated rings. The molecule has 0 radical (unpaired) electrons. The summed E-state index contributed by atoms with van der Waals surface area (Å²) < 4.78 is 25.6. The summed E-state index contributed by atoms with van der Waals surface area (Å²) in [7, 11) is 0. The predicted octanol–water partition coefficient (Wildman–Crippen LogP) is 5.73. The van der Waals surface area contributed by atoms with Crippen LogP contribution in [0.1, 0.15) is 57.6 Å². The van der Waals surface area contributed by atoms with Crippen molar-refractivity contribution in [3.8, 4) is 11.1 Å². The number of aliphatic hydroxyl groups is 2. The van der Waals surface area contributed by atoms with E-state index in [1.165, 1.54) is 38.3 Å². The molecule has 2 N–H and O–H groups in total. The molecule has 2 aromatic rings. The molecule has 0 aliphatic rings. The molecule has 39 heavy (non-hydrogen) atoms. The van der Waals surface area contributed by atoms with Crippen LogP contribution in [0.2, 0.25) is 0 Å². The van der Waals surface area contributed by atoms with Crippen molar-refractivity contribution in [2.45, 2.75) is 71.5 Å². The molecule has 6 nitrogen and oxygen atoms in total. The summed E-state index contributed by atoms with van der Waals surface area (Å²) in [5.41, 5.74) is 3.15. The van der Waals surface area contributed by atoms with Gasteiger partial charge in [-0.3, -0.25) is 0 Å². The fourth-order valence-electron chi connectivity index (χ4n) is 3.88. The number of carbonyl (C=O) groups excluding carboxylic acids is 2. The molecule has 0 saturated carbocycles. The first-order chi connectivity index (χ1) is 18.5. The highest BCUT2D eigenvalue weighted by molar-refractivity contribution is 5.89. The van der Waals surface area contributed by atoms with Crippen LogP contribution >= 0.6 is 0 Å². The molecule has 0 bridgehead atoms. The third-order valence-electron chi connectivity index (χ3n) is 6.64.